The van der Waals surface area contributed by atoms with Crippen LogP contribution >= 0.6 is 0 Å². The van der Waals surface area contributed by atoms with Gasteiger partial charge in [-0.15, -0.1) is 0 Å². The van der Waals surface area contributed by atoms with E-state index < -0.39 is 4.92 Å². The number of hydrogen-bond acceptors (Lipinski definition) is 6. The Morgan fingerprint density at radius 1 is 1.38 bits per heavy atom. The molecule has 1 aliphatic rings. The van der Waals surface area contributed by atoms with Crippen molar-refractivity contribution in [2.45, 2.75) is 39.0 Å². The van der Waals surface area contributed by atoms with E-state index in [1.165, 1.54) is 37.8 Å². The highest BCUT2D eigenvalue weighted by Gasteiger charge is 2.19. The van der Waals surface area contributed by atoms with Gasteiger partial charge in [0, 0.05) is 12.6 Å². The van der Waals surface area contributed by atoms with E-state index in [1.54, 1.807) is 0 Å². The van der Waals surface area contributed by atoms with Crippen LogP contribution < -0.4 is 16.6 Å². The zero-order valence-corrected chi connectivity index (χ0v) is 12.3. The van der Waals surface area contributed by atoms with Gasteiger partial charge >= 0.3 is 5.69 Å². The van der Waals surface area contributed by atoms with Crippen molar-refractivity contribution in [3.05, 3.63) is 22.2 Å². The van der Waals surface area contributed by atoms with E-state index in [2.05, 4.69) is 22.7 Å². The van der Waals surface area contributed by atoms with Crippen LogP contribution in [0.4, 0.5) is 17.3 Å². The van der Waals surface area contributed by atoms with Crippen molar-refractivity contribution in [3.63, 3.8) is 0 Å². The molecule has 0 amide bonds. The maximum Gasteiger partial charge on any atom is 0.311 e. The van der Waals surface area contributed by atoms with Crippen LogP contribution in [0.2, 0.25) is 0 Å². The Bertz CT molecular complexity index is 486. The largest absolute Gasteiger partial charge is 0.364 e. The van der Waals surface area contributed by atoms with Crippen LogP contribution in [-0.4, -0.2) is 16.5 Å². The fraction of sp³-hybridized carbons (Fsp3) is 0.643. The lowest BCUT2D eigenvalue weighted by molar-refractivity contribution is -0.384. The number of nitrogens with one attached hydrogen (secondary N) is 2. The highest BCUT2D eigenvalue weighted by molar-refractivity contribution is 5.59. The standard InChI is InChI=1S/C14H23N5O2/c1-10-2-4-11(5-3-10)8-9-16-14-12(19(20)21)6-7-13(17-14)18-15/h6-7,10-11H,2-5,8-9,15H2,1H3,(H2,16,17,18). The number of rotatable bonds is 6. The Kier molecular flexibility index (Phi) is 5.32. The van der Waals surface area contributed by atoms with E-state index in [0.29, 0.717) is 18.3 Å². The molecule has 7 heteroatoms. The highest BCUT2D eigenvalue weighted by Crippen LogP contribution is 2.30. The van der Waals surface area contributed by atoms with Gasteiger partial charge in [0.1, 0.15) is 5.82 Å². The van der Waals surface area contributed by atoms with E-state index in [1.807, 2.05) is 0 Å². The summed E-state index contributed by atoms with van der Waals surface area (Å²) in [6, 6.07) is 2.90. The molecule has 1 aliphatic carbocycles. The van der Waals surface area contributed by atoms with E-state index >= 15 is 0 Å². The van der Waals surface area contributed by atoms with Gasteiger partial charge in [0.2, 0.25) is 5.82 Å². The second kappa shape index (κ2) is 7.21. The molecule has 0 saturated heterocycles. The summed E-state index contributed by atoms with van der Waals surface area (Å²) in [5.41, 5.74) is 2.38. The van der Waals surface area contributed by atoms with Gasteiger partial charge in [0.15, 0.2) is 0 Å². The molecule has 0 radical (unpaired) electrons. The van der Waals surface area contributed by atoms with Crippen LogP contribution in [0.5, 0.6) is 0 Å². The predicted octanol–water partition coefficient (Wildman–Crippen LogP) is 2.90. The molecule has 1 fully saturated rings. The SMILES string of the molecule is CC1CCC(CCNc2nc(NN)ccc2[N+](=O)[O-])CC1. The molecule has 2 rings (SSSR count). The number of anilines is 2. The maximum atomic E-state index is 11.0. The van der Waals surface area contributed by atoms with Crippen LogP contribution in [0.25, 0.3) is 0 Å². The molecule has 21 heavy (non-hydrogen) atoms. The van der Waals surface area contributed by atoms with Crippen molar-refractivity contribution >= 4 is 17.3 Å². The molecule has 0 atom stereocenters. The minimum Gasteiger partial charge on any atom is -0.364 e. The van der Waals surface area contributed by atoms with E-state index in [4.69, 9.17) is 5.84 Å². The van der Waals surface area contributed by atoms with Crippen molar-refractivity contribution < 1.29 is 4.92 Å². The van der Waals surface area contributed by atoms with Gasteiger partial charge in [-0.2, -0.15) is 0 Å². The lowest BCUT2D eigenvalue weighted by atomic mass is 9.81. The zero-order valence-electron chi connectivity index (χ0n) is 12.3. The molecule has 0 spiro atoms. The molecule has 4 N–H and O–H groups in total. The molecular formula is C14H23N5O2. The Hall–Kier alpha value is -1.89. The topological polar surface area (TPSA) is 106 Å². The molecule has 1 aromatic heterocycles. The first kappa shape index (κ1) is 15.5. The third-order valence-electron chi connectivity index (χ3n) is 4.20. The second-order valence-corrected chi connectivity index (χ2v) is 5.81. The number of nitrogen functional groups attached to an aromatic ring is 1. The quantitative estimate of drug-likeness (QED) is 0.423. The lowest BCUT2D eigenvalue weighted by Gasteiger charge is -2.26. The number of nitro groups is 1. The molecule has 1 heterocycles. The summed E-state index contributed by atoms with van der Waals surface area (Å²) in [6.07, 6.45) is 6.10. The van der Waals surface area contributed by atoms with Crippen molar-refractivity contribution in [1.82, 2.24) is 4.98 Å². The smallest absolute Gasteiger partial charge is 0.311 e. The normalized spacial score (nSPS) is 21.8. The van der Waals surface area contributed by atoms with Crippen molar-refractivity contribution in [2.75, 3.05) is 17.3 Å². The van der Waals surface area contributed by atoms with Crippen LogP contribution in [0.1, 0.15) is 39.0 Å². The van der Waals surface area contributed by atoms with Crippen LogP contribution in [0.3, 0.4) is 0 Å². The Labute approximate surface area is 124 Å². The van der Waals surface area contributed by atoms with Crippen LogP contribution in [0.15, 0.2) is 12.1 Å². The molecule has 0 aliphatic heterocycles. The van der Waals surface area contributed by atoms with Crippen molar-refractivity contribution in [3.8, 4) is 0 Å². The average molecular weight is 293 g/mol. The minimum absolute atomic E-state index is 0.0220. The second-order valence-electron chi connectivity index (χ2n) is 5.81. The number of pyridine rings is 1. The van der Waals surface area contributed by atoms with Gasteiger partial charge in [-0.05, 0) is 24.3 Å². The third kappa shape index (κ3) is 4.29. The Morgan fingerprint density at radius 3 is 2.71 bits per heavy atom. The van der Waals surface area contributed by atoms with Crippen LogP contribution in [-0.2, 0) is 0 Å². The first-order valence-electron chi connectivity index (χ1n) is 7.46. The van der Waals surface area contributed by atoms with Crippen molar-refractivity contribution in [2.24, 2.45) is 17.7 Å². The summed E-state index contributed by atoms with van der Waals surface area (Å²) in [7, 11) is 0. The molecule has 0 aromatic carbocycles. The van der Waals surface area contributed by atoms with Gasteiger partial charge < -0.3 is 10.7 Å². The Balaban J connectivity index is 1.91. The molecular weight excluding hydrogens is 270 g/mol. The third-order valence-corrected chi connectivity index (χ3v) is 4.20. The van der Waals surface area contributed by atoms with Gasteiger partial charge in [-0.1, -0.05) is 32.6 Å². The monoisotopic (exact) mass is 293 g/mol. The first-order valence-corrected chi connectivity index (χ1v) is 7.46. The van der Waals surface area contributed by atoms with Gasteiger partial charge in [0.05, 0.1) is 4.92 Å². The zero-order chi connectivity index (χ0) is 15.2. The average Bonchev–Trinajstić information content (AvgIpc) is 2.49. The number of aromatic nitrogens is 1. The lowest BCUT2D eigenvalue weighted by Crippen LogP contribution is -2.17. The van der Waals surface area contributed by atoms with Gasteiger partial charge in [-0.3, -0.25) is 10.1 Å². The van der Waals surface area contributed by atoms with E-state index in [9.17, 15) is 10.1 Å². The number of nitrogens with zero attached hydrogens (tertiary/aromatic N) is 2. The molecule has 116 valence electrons. The summed E-state index contributed by atoms with van der Waals surface area (Å²) in [5, 5.41) is 14.1. The van der Waals surface area contributed by atoms with E-state index in [-0.39, 0.29) is 11.5 Å². The minimum atomic E-state index is -0.433. The summed E-state index contributed by atoms with van der Waals surface area (Å²) < 4.78 is 0. The molecule has 7 nitrogen and oxygen atoms in total. The number of hydrazine groups is 1. The fourth-order valence-electron chi connectivity index (χ4n) is 2.82. The Morgan fingerprint density at radius 2 is 2.10 bits per heavy atom. The maximum absolute atomic E-state index is 11.0. The molecule has 1 saturated carbocycles. The highest BCUT2D eigenvalue weighted by atomic mass is 16.6. The van der Waals surface area contributed by atoms with Crippen molar-refractivity contribution in [1.29, 1.82) is 0 Å². The number of hydrogen-bond donors (Lipinski definition) is 3. The summed E-state index contributed by atoms with van der Waals surface area (Å²) in [6.45, 7) is 2.99. The number of nitrogens with two attached hydrogens (primary N) is 1. The molecule has 0 unspecified atom stereocenters. The summed E-state index contributed by atoms with van der Waals surface area (Å²) in [5.74, 6) is 7.53. The fourth-order valence-corrected chi connectivity index (χ4v) is 2.82. The van der Waals surface area contributed by atoms with Gasteiger partial charge in [-0.25, -0.2) is 10.8 Å². The van der Waals surface area contributed by atoms with Gasteiger partial charge in [0.25, 0.3) is 0 Å². The molecule has 0 bridgehead atoms. The first-order chi connectivity index (χ1) is 10.1. The van der Waals surface area contributed by atoms with Crippen LogP contribution in [0, 0.1) is 22.0 Å². The molecule has 1 aromatic rings. The van der Waals surface area contributed by atoms with E-state index in [0.717, 1.165) is 12.3 Å². The summed E-state index contributed by atoms with van der Waals surface area (Å²) >= 11 is 0. The summed E-state index contributed by atoms with van der Waals surface area (Å²) in [4.78, 5) is 14.7. The predicted molar refractivity (Wildman–Crippen MR) is 82.9 cm³/mol.